The number of anilines is 1. The van der Waals surface area contributed by atoms with Gasteiger partial charge in [-0.25, -0.2) is 18.4 Å². The fourth-order valence-electron chi connectivity index (χ4n) is 4.28. The van der Waals surface area contributed by atoms with E-state index in [0.717, 1.165) is 26.2 Å². The Balaban J connectivity index is 1.76. The molecule has 202 valence electrons. The van der Waals surface area contributed by atoms with E-state index < -0.39 is 50.3 Å². The standard InChI is InChI=1S/C25H25F4N5O3S/c1-13-18(21(35)32-15-7-5-8-16(11-15)38(4,30)36)23(34-33-20(13)25(27,28)29)37-22-14(2)19(26)17(12-31-22)24(3)9-6-10-24/h5,7-8,11-12,30H,6,9-10H2,1-4H3,(H,32,35). The summed E-state index contributed by atoms with van der Waals surface area (Å²) < 4.78 is 81.4. The van der Waals surface area contributed by atoms with Crippen LogP contribution in [0.5, 0.6) is 11.8 Å². The van der Waals surface area contributed by atoms with Crippen molar-refractivity contribution in [2.45, 2.75) is 56.5 Å². The molecule has 0 aliphatic heterocycles. The number of nitrogens with one attached hydrogen (secondary N) is 2. The average Bonchev–Trinajstić information content (AvgIpc) is 2.79. The van der Waals surface area contributed by atoms with Crippen LogP contribution >= 0.6 is 0 Å². The first kappa shape index (κ1) is 27.4. The first-order valence-corrected chi connectivity index (χ1v) is 13.5. The Kier molecular flexibility index (Phi) is 6.93. The number of benzene rings is 1. The molecule has 38 heavy (non-hydrogen) atoms. The van der Waals surface area contributed by atoms with Crippen molar-refractivity contribution in [1.29, 1.82) is 4.78 Å². The van der Waals surface area contributed by atoms with Gasteiger partial charge >= 0.3 is 6.18 Å². The number of carbonyl (C=O) groups is 1. The topological polar surface area (TPSA) is 118 Å². The summed E-state index contributed by atoms with van der Waals surface area (Å²) in [7, 11) is -3.12. The number of amides is 1. The van der Waals surface area contributed by atoms with E-state index in [1.165, 1.54) is 43.6 Å². The highest BCUT2D eigenvalue weighted by Gasteiger charge is 2.39. The molecular formula is C25H25F4N5O3S. The minimum Gasteiger partial charge on any atom is -0.418 e. The molecule has 0 bridgehead atoms. The van der Waals surface area contributed by atoms with Gasteiger partial charge in [-0.15, -0.1) is 10.2 Å². The van der Waals surface area contributed by atoms with Crippen molar-refractivity contribution in [3.63, 3.8) is 0 Å². The number of carbonyl (C=O) groups excluding carboxylic acids is 1. The van der Waals surface area contributed by atoms with E-state index in [0.29, 0.717) is 5.56 Å². The molecule has 1 amide bonds. The van der Waals surface area contributed by atoms with Crippen molar-refractivity contribution in [3.8, 4) is 11.8 Å². The van der Waals surface area contributed by atoms with Crippen LogP contribution < -0.4 is 10.1 Å². The summed E-state index contributed by atoms with van der Waals surface area (Å²) in [5.41, 5.74) is -2.37. The molecule has 4 rings (SSSR count). The Morgan fingerprint density at radius 2 is 1.84 bits per heavy atom. The number of hydrogen-bond donors (Lipinski definition) is 2. The summed E-state index contributed by atoms with van der Waals surface area (Å²) >= 11 is 0. The average molecular weight is 552 g/mol. The van der Waals surface area contributed by atoms with Crippen molar-refractivity contribution in [2.75, 3.05) is 11.6 Å². The van der Waals surface area contributed by atoms with Crippen LogP contribution in [0.1, 0.15) is 58.9 Å². The lowest BCUT2D eigenvalue weighted by atomic mass is 9.66. The van der Waals surface area contributed by atoms with Crippen LogP contribution in [0.4, 0.5) is 23.2 Å². The van der Waals surface area contributed by atoms with Gasteiger partial charge < -0.3 is 10.1 Å². The van der Waals surface area contributed by atoms with Gasteiger partial charge in [-0.2, -0.15) is 13.2 Å². The van der Waals surface area contributed by atoms with E-state index in [-0.39, 0.29) is 27.4 Å². The number of pyridine rings is 1. The smallest absolute Gasteiger partial charge is 0.418 e. The summed E-state index contributed by atoms with van der Waals surface area (Å²) in [5, 5.41) is 9.14. The molecule has 0 radical (unpaired) electrons. The van der Waals surface area contributed by atoms with E-state index in [9.17, 15) is 22.2 Å². The Bertz CT molecular complexity index is 1540. The molecular weight excluding hydrogens is 526 g/mol. The van der Waals surface area contributed by atoms with Gasteiger partial charge in [-0.05, 0) is 55.9 Å². The monoisotopic (exact) mass is 551 g/mol. The van der Waals surface area contributed by atoms with E-state index in [2.05, 4.69) is 20.5 Å². The minimum atomic E-state index is -4.91. The largest absolute Gasteiger partial charge is 0.435 e. The summed E-state index contributed by atoms with van der Waals surface area (Å²) in [6, 6.07) is 5.57. The number of alkyl halides is 3. The molecule has 1 saturated carbocycles. The number of rotatable bonds is 6. The molecule has 1 aliphatic carbocycles. The molecule has 2 N–H and O–H groups in total. The van der Waals surface area contributed by atoms with Gasteiger partial charge in [0.2, 0.25) is 5.88 Å². The van der Waals surface area contributed by atoms with Gasteiger partial charge in [0.1, 0.15) is 11.4 Å². The number of aromatic nitrogens is 3. The first-order valence-electron chi connectivity index (χ1n) is 11.5. The van der Waals surface area contributed by atoms with E-state index in [1.807, 2.05) is 6.92 Å². The van der Waals surface area contributed by atoms with Crippen molar-refractivity contribution in [2.24, 2.45) is 0 Å². The van der Waals surface area contributed by atoms with Crippen LogP contribution in [-0.2, 0) is 21.3 Å². The molecule has 3 aromatic rings. The SMILES string of the molecule is Cc1c(Oc2nnc(C(F)(F)F)c(C)c2C(=O)Nc2cccc(S(C)(=N)=O)c2)ncc(C2(C)CCC2)c1F. The fraction of sp³-hybridized carbons (Fsp3) is 0.360. The van der Waals surface area contributed by atoms with Crippen LogP contribution in [0.3, 0.4) is 0 Å². The molecule has 1 atom stereocenters. The van der Waals surface area contributed by atoms with Crippen LogP contribution in [0.2, 0.25) is 0 Å². The maximum atomic E-state index is 15.2. The minimum absolute atomic E-state index is 0.0159. The van der Waals surface area contributed by atoms with Crippen molar-refractivity contribution < 1.29 is 31.3 Å². The summed E-state index contributed by atoms with van der Waals surface area (Å²) in [4.78, 5) is 17.5. The summed E-state index contributed by atoms with van der Waals surface area (Å²) in [6.07, 6.45) is 0.171. The lowest BCUT2D eigenvalue weighted by Crippen LogP contribution is -2.32. The highest BCUT2D eigenvalue weighted by atomic mass is 32.2. The quantitative estimate of drug-likeness (QED) is 0.354. The Morgan fingerprint density at radius 3 is 2.42 bits per heavy atom. The number of nitrogens with zero attached hydrogens (tertiary/aromatic N) is 3. The molecule has 0 spiro atoms. The molecule has 0 saturated heterocycles. The number of halogens is 4. The lowest BCUT2D eigenvalue weighted by molar-refractivity contribution is -0.142. The summed E-state index contributed by atoms with van der Waals surface area (Å²) in [6.45, 7) is 4.39. The van der Waals surface area contributed by atoms with Gasteiger partial charge in [0.05, 0.1) is 9.73 Å². The van der Waals surface area contributed by atoms with Crippen molar-refractivity contribution >= 4 is 21.3 Å². The van der Waals surface area contributed by atoms with Gasteiger partial charge in [-0.3, -0.25) is 4.79 Å². The Morgan fingerprint density at radius 1 is 1.16 bits per heavy atom. The second-order valence-corrected chi connectivity index (χ2v) is 11.8. The molecule has 1 aromatic carbocycles. The maximum Gasteiger partial charge on any atom is 0.435 e. The molecule has 8 nitrogen and oxygen atoms in total. The lowest BCUT2D eigenvalue weighted by Gasteiger charge is -2.39. The highest BCUT2D eigenvalue weighted by molar-refractivity contribution is 7.91. The van der Waals surface area contributed by atoms with Gasteiger partial charge in [0, 0.05) is 34.2 Å². The predicted octanol–water partition coefficient (Wildman–Crippen LogP) is 6.17. The summed E-state index contributed by atoms with van der Waals surface area (Å²) in [5.74, 6) is -2.44. The van der Waals surface area contributed by atoms with Gasteiger partial charge in [0.25, 0.3) is 11.8 Å². The number of ether oxygens (including phenoxy) is 1. The molecule has 13 heteroatoms. The van der Waals surface area contributed by atoms with E-state index >= 15 is 4.39 Å². The molecule has 1 aliphatic rings. The molecule has 2 heterocycles. The fourth-order valence-corrected chi connectivity index (χ4v) is 4.97. The second-order valence-electron chi connectivity index (χ2n) is 9.61. The maximum absolute atomic E-state index is 15.2. The normalized spacial score (nSPS) is 16.3. The molecule has 1 unspecified atom stereocenters. The van der Waals surface area contributed by atoms with Gasteiger partial charge in [-0.1, -0.05) is 19.4 Å². The highest BCUT2D eigenvalue weighted by Crippen LogP contribution is 2.45. The number of hydrogen-bond acceptors (Lipinski definition) is 7. The van der Waals surface area contributed by atoms with Crippen molar-refractivity contribution in [3.05, 3.63) is 64.2 Å². The van der Waals surface area contributed by atoms with Crippen LogP contribution in [0, 0.1) is 24.4 Å². The van der Waals surface area contributed by atoms with Crippen LogP contribution in [-0.4, -0.2) is 31.6 Å². The molecule has 2 aromatic heterocycles. The second kappa shape index (κ2) is 9.61. The van der Waals surface area contributed by atoms with Crippen molar-refractivity contribution in [1.82, 2.24) is 15.2 Å². The third-order valence-corrected chi connectivity index (χ3v) is 7.87. The van der Waals surface area contributed by atoms with E-state index in [4.69, 9.17) is 9.52 Å². The Hall–Kier alpha value is -3.61. The third-order valence-electron chi connectivity index (χ3n) is 6.72. The Labute approximate surface area is 216 Å². The third kappa shape index (κ3) is 5.19. The van der Waals surface area contributed by atoms with Crippen LogP contribution in [0.15, 0.2) is 35.4 Å². The first-order chi connectivity index (χ1) is 17.6. The predicted molar refractivity (Wildman–Crippen MR) is 131 cm³/mol. The zero-order chi connectivity index (χ0) is 28.0. The van der Waals surface area contributed by atoms with Gasteiger partial charge in [0.15, 0.2) is 5.69 Å². The van der Waals surface area contributed by atoms with E-state index in [1.54, 1.807) is 0 Å². The van der Waals surface area contributed by atoms with Crippen LogP contribution in [0.25, 0.3) is 0 Å². The zero-order valence-corrected chi connectivity index (χ0v) is 21.8. The zero-order valence-electron chi connectivity index (χ0n) is 21.0. The molecule has 1 fully saturated rings.